The molecule has 1 atom stereocenters. The maximum absolute atomic E-state index is 12.7. The SMILES string of the molecule is CCC1C(=O)Nc2cnc(-c3cn[nH]c3-c3nccs3)nc2N1c1ccc(C#N)cc1. The number of carbonyl (C=O) groups is 1. The quantitative estimate of drug-likeness (QED) is 0.507. The molecule has 4 heterocycles. The molecular weight excluding hydrogens is 412 g/mol. The van der Waals surface area contributed by atoms with Gasteiger partial charge in [-0.3, -0.25) is 9.89 Å². The average molecular weight is 428 g/mol. The molecular formula is C21H16N8OS. The minimum Gasteiger partial charge on any atom is -0.320 e. The van der Waals surface area contributed by atoms with Crippen molar-refractivity contribution in [3.63, 3.8) is 0 Å². The number of carbonyl (C=O) groups excluding carboxylic acids is 1. The van der Waals surface area contributed by atoms with Crippen LogP contribution in [0.5, 0.6) is 0 Å². The maximum Gasteiger partial charge on any atom is 0.247 e. The van der Waals surface area contributed by atoms with E-state index in [9.17, 15) is 4.79 Å². The molecule has 152 valence electrons. The monoisotopic (exact) mass is 428 g/mol. The van der Waals surface area contributed by atoms with Gasteiger partial charge in [-0.15, -0.1) is 11.3 Å². The highest BCUT2D eigenvalue weighted by molar-refractivity contribution is 7.13. The van der Waals surface area contributed by atoms with Crippen LogP contribution in [0.1, 0.15) is 18.9 Å². The molecule has 4 aromatic rings. The van der Waals surface area contributed by atoms with Gasteiger partial charge in [0.2, 0.25) is 5.91 Å². The Morgan fingerprint density at radius 2 is 2.06 bits per heavy atom. The second kappa shape index (κ2) is 7.62. The van der Waals surface area contributed by atoms with E-state index in [1.54, 1.807) is 30.7 Å². The predicted octanol–water partition coefficient (Wildman–Crippen LogP) is 3.73. The Hall–Kier alpha value is -4.10. The van der Waals surface area contributed by atoms with E-state index in [4.69, 9.17) is 10.2 Å². The molecule has 0 aliphatic carbocycles. The minimum atomic E-state index is -0.439. The van der Waals surface area contributed by atoms with Crippen molar-refractivity contribution in [2.75, 3.05) is 10.2 Å². The molecule has 0 bridgehead atoms. The molecule has 2 N–H and O–H groups in total. The molecule has 1 aliphatic heterocycles. The number of nitriles is 1. The largest absolute Gasteiger partial charge is 0.320 e. The number of aromatic nitrogens is 5. The number of rotatable bonds is 4. The van der Waals surface area contributed by atoms with E-state index in [0.717, 1.165) is 22.0 Å². The highest BCUT2D eigenvalue weighted by Gasteiger charge is 2.34. The highest BCUT2D eigenvalue weighted by atomic mass is 32.1. The number of aromatic amines is 1. The number of hydrogen-bond acceptors (Lipinski definition) is 8. The van der Waals surface area contributed by atoms with Crippen molar-refractivity contribution in [2.24, 2.45) is 0 Å². The first-order valence-electron chi connectivity index (χ1n) is 9.60. The lowest BCUT2D eigenvalue weighted by molar-refractivity contribution is -0.117. The Bertz CT molecular complexity index is 1290. The number of H-pyrrole nitrogens is 1. The van der Waals surface area contributed by atoms with E-state index in [1.165, 1.54) is 11.3 Å². The lowest BCUT2D eigenvalue weighted by Crippen LogP contribution is -2.45. The van der Waals surface area contributed by atoms with Crippen LogP contribution in [-0.4, -0.2) is 37.1 Å². The summed E-state index contributed by atoms with van der Waals surface area (Å²) in [5, 5.41) is 21.8. The molecule has 0 fully saturated rings. The maximum atomic E-state index is 12.7. The van der Waals surface area contributed by atoms with Crippen molar-refractivity contribution in [3.05, 3.63) is 53.8 Å². The lowest BCUT2D eigenvalue weighted by atomic mass is 10.1. The van der Waals surface area contributed by atoms with Crippen molar-refractivity contribution in [1.82, 2.24) is 25.1 Å². The zero-order chi connectivity index (χ0) is 21.4. The van der Waals surface area contributed by atoms with Gasteiger partial charge in [-0.25, -0.2) is 15.0 Å². The van der Waals surface area contributed by atoms with Gasteiger partial charge in [0, 0.05) is 17.3 Å². The summed E-state index contributed by atoms with van der Waals surface area (Å²) < 4.78 is 0. The first-order chi connectivity index (χ1) is 15.2. The summed E-state index contributed by atoms with van der Waals surface area (Å²) in [5.41, 5.74) is 3.32. The standard InChI is InChI=1S/C21H16N8OS/c1-2-16-20(30)26-15-11-24-18(14-10-25-28-17(14)21-23-7-8-31-21)27-19(15)29(16)13-5-3-12(9-22)4-6-13/h3-8,10-11,16H,2H2,1H3,(H,25,28)(H,26,30). The van der Waals surface area contributed by atoms with Crippen molar-refractivity contribution >= 4 is 34.4 Å². The van der Waals surface area contributed by atoms with Crippen LogP contribution in [0, 0.1) is 11.3 Å². The summed E-state index contributed by atoms with van der Waals surface area (Å²) in [6.45, 7) is 1.95. The summed E-state index contributed by atoms with van der Waals surface area (Å²) >= 11 is 1.49. The fourth-order valence-electron chi connectivity index (χ4n) is 3.59. The van der Waals surface area contributed by atoms with Crippen molar-refractivity contribution in [3.8, 4) is 28.2 Å². The summed E-state index contributed by atoms with van der Waals surface area (Å²) in [6.07, 6.45) is 5.59. The number of fused-ring (bicyclic) bond motifs is 1. The fraction of sp³-hybridized carbons (Fsp3) is 0.143. The van der Waals surface area contributed by atoms with Crippen LogP contribution < -0.4 is 10.2 Å². The van der Waals surface area contributed by atoms with Crippen LogP contribution >= 0.6 is 11.3 Å². The summed E-state index contributed by atoms with van der Waals surface area (Å²) in [6, 6.07) is 8.79. The summed E-state index contributed by atoms with van der Waals surface area (Å²) in [4.78, 5) is 28.3. The van der Waals surface area contributed by atoms with Crippen LogP contribution in [0.15, 0.2) is 48.2 Å². The van der Waals surface area contributed by atoms with Gasteiger partial charge >= 0.3 is 0 Å². The van der Waals surface area contributed by atoms with Gasteiger partial charge in [-0.2, -0.15) is 10.4 Å². The number of benzene rings is 1. The van der Waals surface area contributed by atoms with Gasteiger partial charge in [0.15, 0.2) is 11.6 Å². The Morgan fingerprint density at radius 3 is 2.77 bits per heavy atom. The third-order valence-corrected chi connectivity index (χ3v) is 5.85. The van der Waals surface area contributed by atoms with Crippen LogP contribution in [0.25, 0.3) is 22.1 Å². The summed E-state index contributed by atoms with van der Waals surface area (Å²) in [7, 11) is 0. The van der Waals surface area contributed by atoms with E-state index in [0.29, 0.717) is 29.3 Å². The number of nitrogens with zero attached hydrogens (tertiary/aromatic N) is 6. The van der Waals surface area contributed by atoms with Crippen molar-refractivity contribution in [2.45, 2.75) is 19.4 Å². The number of nitrogens with one attached hydrogen (secondary N) is 2. The van der Waals surface area contributed by atoms with Gasteiger partial charge in [0.05, 0.1) is 29.6 Å². The van der Waals surface area contributed by atoms with Crippen LogP contribution in [-0.2, 0) is 4.79 Å². The van der Waals surface area contributed by atoms with Gasteiger partial charge in [0.25, 0.3) is 0 Å². The predicted molar refractivity (Wildman–Crippen MR) is 117 cm³/mol. The average Bonchev–Trinajstić information content (AvgIpc) is 3.50. The Balaban J connectivity index is 1.64. The molecule has 5 rings (SSSR count). The normalized spacial score (nSPS) is 15.3. The van der Waals surface area contributed by atoms with E-state index in [1.807, 2.05) is 29.3 Å². The molecule has 0 saturated carbocycles. The molecule has 9 nitrogen and oxygen atoms in total. The molecule has 1 amide bonds. The van der Waals surface area contributed by atoms with Gasteiger partial charge in [0.1, 0.15) is 22.4 Å². The highest BCUT2D eigenvalue weighted by Crippen LogP contribution is 2.39. The summed E-state index contributed by atoms with van der Waals surface area (Å²) in [5.74, 6) is 0.942. The second-order valence-electron chi connectivity index (χ2n) is 6.87. The van der Waals surface area contributed by atoms with Gasteiger partial charge < -0.3 is 10.2 Å². The van der Waals surface area contributed by atoms with E-state index in [2.05, 4.69) is 31.6 Å². The van der Waals surface area contributed by atoms with Crippen LogP contribution in [0.2, 0.25) is 0 Å². The third-order valence-electron chi connectivity index (χ3n) is 5.06. The van der Waals surface area contributed by atoms with E-state index < -0.39 is 6.04 Å². The lowest BCUT2D eigenvalue weighted by Gasteiger charge is -2.36. The smallest absolute Gasteiger partial charge is 0.247 e. The number of hydrogen-bond donors (Lipinski definition) is 2. The first kappa shape index (κ1) is 18.9. The number of thiazole rings is 1. The fourth-order valence-corrected chi connectivity index (χ4v) is 4.23. The zero-order valence-corrected chi connectivity index (χ0v) is 17.2. The Morgan fingerprint density at radius 1 is 1.23 bits per heavy atom. The number of amides is 1. The van der Waals surface area contributed by atoms with Crippen LogP contribution in [0.3, 0.4) is 0 Å². The molecule has 0 spiro atoms. The first-order valence-corrected chi connectivity index (χ1v) is 10.5. The molecule has 3 aromatic heterocycles. The minimum absolute atomic E-state index is 0.123. The molecule has 0 radical (unpaired) electrons. The van der Waals surface area contributed by atoms with Crippen molar-refractivity contribution in [1.29, 1.82) is 5.26 Å². The van der Waals surface area contributed by atoms with Gasteiger partial charge in [-0.05, 0) is 30.7 Å². The zero-order valence-electron chi connectivity index (χ0n) is 16.4. The molecule has 1 unspecified atom stereocenters. The molecule has 1 aromatic carbocycles. The number of anilines is 3. The molecule has 1 aliphatic rings. The second-order valence-corrected chi connectivity index (χ2v) is 7.76. The third kappa shape index (κ3) is 3.21. The Kier molecular flexibility index (Phi) is 4.65. The molecule has 0 saturated heterocycles. The molecule has 10 heteroatoms. The topological polar surface area (TPSA) is 123 Å². The van der Waals surface area contributed by atoms with Crippen LogP contribution in [0.4, 0.5) is 17.2 Å². The van der Waals surface area contributed by atoms with E-state index >= 15 is 0 Å². The van der Waals surface area contributed by atoms with E-state index in [-0.39, 0.29) is 5.91 Å². The Labute approximate surface area is 181 Å². The van der Waals surface area contributed by atoms with Crippen molar-refractivity contribution < 1.29 is 4.79 Å². The van der Waals surface area contributed by atoms with Gasteiger partial charge in [-0.1, -0.05) is 6.92 Å². The molecule has 31 heavy (non-hydrogen) atoms.